The van der Waals surface area contributed by atoms with Crippen molar-refractivity contribution in [2.24, 2.45) is 7.05 Å². The molecular weight excluding hydrogens is 206 g/mol. The molecule has 1 aromatic heterocycles. The molecule has 0 aliphatic rings. The van der Waals surface area contributed by atoms with E-state index in [-0.39, 0.29) is 5.56 Å². The third-order valence-electron chi connectivity index (χ3n) is 2.18. The monoisotopic (exact) mass is 214 g/mol. The minimum atomic E-state index is -2.44. The van der Waals surface area contributed by atoms with Gasteiger partial charge in [0, 0.05) is 12.6 Å². The molecule has 0 saturated heterocycles. The number of H-pyrrole nitrogens is 1. The van der Waals surface area contributed by atoms with Crippen molar-refractivity contribution in [2.75, 3.05) is 0 Å². The first-order valence-electron chi connectivity index (χ1n) is 4.06. The quantitative estimate of drug-likeness (QED) is 0.723. The number of hydrogen-bond donors (Lipinski definition) is 1. The lowest BCUT2D eigenvalue weighted by Gasteiger charge is -1.99. The number of aryl methyl sites for hydroxylation is 1. The summed E-state index contributed by atoms with van der Waals surface area (Å²) in [5, 5.41) is 0. The van der Waals surface area contributed by atoms with Crippen molar-refractivity contribution in [3.05, 3.63) is 28.5 Å². The molecule has 2 aromatic rings. The summed E-state index contributed by atoms with van der Waals surface area (Å²) >= 11 is 4.98. The van der Waals surface area contributed by atoms with Crippen LogP contribution in [0.15, 0.2) is 18.2 Å². The van der Waals surface area contributed by atoms with E-state index >= 15 is 0 Å². The van der Waals surface area contributed by atoms with E-state index in [0.717, 1.165) is 5.52 Å². The highest BCUT2D eigenvalue weighted by Gasteiger charge is 2.08. The summed E-state index contributed by atoms with van der Waals surface area (Å²) in [5.74, 6) is 0. The number of rotatable bonds is 1. The second kappa shape index (κ2) is 3.16. The van der Waals surface area contributed by atoms with E-state index in [1.807, 2.05) is 0 Å². The molecule has 1 N–H and O–H groups in total. The van der Waals surface area contributed by atoms with Gasteiger partial charge in [-0.3, -0.25) is 0 Å². The fourth-order valence-electron chi connectivity index (χ4n) is 1.39. The Bertz CT molecular complexity index is 527. The van der Waals surface area contributed by atoms with E-state index in [4.69, 9.17) is 12.2 Å². The zero-order valence-electron chi connectivity index (χ0n) is 7.42. The van der Waals surface area contributed by atoms with E-state index in [9.17, 15) is 8.78 Å². The maximum atomic E-state index is 12.4. The molecule has 0 atom stereocenters. The van der Waals surface area contributed by atoms with Crippen LogP contribution >= 0.6 is 12.2 Å². The first-order chi connectivity index (χ1) is 6.59. The molecule has 0 aliphatic carbocycles. The summed E-state index contributed by atoms with van der Waals surface area (Å²) < 4.78 is 27.0. The maximum Gasteiger partial charge on any atom is 0.263 e. The van der Waals surface area contributed by atoms with Crippen LogP contribution in [0.2, 0.25) is 0 Å². The Morgan fingerprint density at radius 1 is 1.43 bits per heavy atom. The van der Waals surface area contributed by atoms with Crippen molar-refractivity contribution >= 4 is 23.3 Å². The van der Waals surface area contributed by atoms with Crippen LogP contribution in [0.5, 0.6) is 0 Å². The highest BCUT2D eigenvalue weighted by Crippen LogP contribution is 2.22. The molecule has 0 radical (unpaired) electrons. The third kappa shape index (κ3) is 1.33. The Kier molecular flexibility index (Phi) is 2.11. The summed E-state index contributed by atoms with van der Waals surface area (Å²) in [4.78, 5) is 2.87. The van der Waals surface area contributed by atoms with Crippen LogP contribution in [-0.2, 0) is 7.05 Å². The van der Waals surface area contributed by atoms with Crippen molar-refractivity contribution in [1.29, 1.82) is 0 Å². The first kappa shape index (κ1) is 9.33. The van der Waals surface area contributed by atoms with Crippen molar-refractivity contribution < 1.29 is 8.78 Å². The van der Waals surface area contributed by atoms with Crippen molar-refractivity contribution in [1.82, 2.24) is 9.55 Å². The fraction of sp³-hybridized carbons (Fsp3) is 0.222. The van der Waals surface area contributed by atoms with Crippen LogP contribution in [0.25, 0.3) is 11.0 Å². The zero-order valence-corrected chi connectivity index (χ0v) is 8.24. The molecule has 0 bridgehead atoms. The highest BCUT2D eigenvalue weighted by atomic mass is 32.1. The molecule has 0 saturated carbocycles. The van der Waals surface area contributed by atoms with Gasteiger partial charge < -0.3 is 9.55 Å². The number of fused-ring (bicyclic) bond motifs is 1. The van der Waals surface area contributed by atoms with Gasteiger partial charge in [0.05, 0.1) is 11.0 Å². The van der Waals surface area contributed by atoms with Crippen molar-refractivity contribution in [2.45, 2.75) is 6.43 Å². The van der Waals surface area contributed by atoms with Gasteiger partial charge in [0.2, 0.25) is 0 Å². The Labute approximate surface area is 84.2 Å². The summed E-state index contributed by atoms with van der Waals surface area (Å²) in [5.41, 5.74) is 1.49. The van der Waals surface area contributed by atoms with Gasteiger partial charge in [0.15, 0.2) is 4.77 Å². The summed E-state index contributed by atoms with van der Waals surface area (Å²) in [6.07, 6.45) is -2.44. The average molecular weight is 214 g/mol. The highest BCUT2D eigenvalue weighted by molar-refractivity contribution is 7.71. The number of nitrogens with one attached hydrogen (secondary N) is 1. The second-order valence-corrected chi connectivity index (χ2v) is 3.45. The fourth-order valence-corrected chi connectivity index (χ4v) is 1.60. The molecule has 1 aromatic carbocycles. The Morgan fingerprint density at radius 3 is 2.79 bits per heavy atom. The van der Waals surface area contributed by atoms with Crippen LogP contribution in [-0.4, -0.2) is 9.55 Å². The molecular formula is C9H8F2N2S. The van der Waals surface area contributed by atoms with E-state index in [0.29, 0.717) is 10.3 Å². The average Bonchev–Trinajstić information content (AvgIpc) is 2.42. The number of hydrogen-bond acceptors (Lipinski definition) is 1. The van der Waals surface area contributed by atoms with Crippen molar-refractivity contribution in [3.8, 4) is 0 Å². The largest absolute Gasteiger partial charge is 0.331 e. The van der Waals surface area contributed by atoms with Crippen LogP contribution in [0.4, 0.5) is 8.78 Å². The predicted octanol–water partition coefficient (Wildman–Crippen LogP) is 3.17. The normalized spacial score (nSPS) is 11.4. The number of benzene rings is 1. The minimum absolute atomic E-state index is 0.00866. The lowest BCUT2D eigenvalue weighted by molar-refractivity contribution is 0.151. The maximum absolute atomic E-state index is 12.4. The molecule has 0 amide bonds. The van der Waals surface area contributed by atoms with Crippen LogP contribution in [0.3, 0.4) is 0 Å². The number of nitrogens with zero attached hydrogens (tertiary/aromatic N) is 1. The second-order valence-electron chi connectivity index (χ2n) is 3.07. The number of aromatic nitrogens is 2. The summed E-state index contributed by atoms with van der Waals surface area (Å²) in [6, 6.07) is 4.48. The molecule has 1 heterocycles. The van der Waals surface area contributed by atoms with E-state index < -0.39 is 6.43 Å². The van der Waals surface area contributed by atoms with Gasteiger partial charge in [-0.25, -0.2) is 8.78 Å². The van der Waals surface area contributed by atoms with E-state index in [1.54, 1.807) is 17.7 Å². The van der Waals surface area contributed by atoms with Crippen LogP contribution in [0.1, 0.15) is 12.0 Å². The van der Waals surface area contributed by atoms with Gasteiger partial charge in [0.1, 0.15) is 0 Å². The Balaban J connectivity index is 2.73. The zero-order chi connectivity index (χ0) is 10.3. The number of aromatic amines is 1. The van der Waals surface area contributed by atoms with Gasteiger partial charge >= 0.3 is 0 Å². The minimum Gasteiger partial charge on any atom is -0.331 e. The lowest BCUT2D eigenvalue weighted by Crippen LogP contribution is -1.87. The smallest absolute Gasteiger partial charge is 0.263 e. The van der Waals surface area contributed by atoms with Gasteiger partial charge in [-0.2, -0.15) is 0 Å². The molecule has 0 aliphatic heterocycles. The molecule has 2 rings (SSSR count). The van der Waals surface area contributed by atoms with E-state index in [2.05, 4.69) is 4.98 Å². The van der Waals surface area contributed by atoms with Gasteiger partial charge in [0.25, 0.3) is 6.43 Å². The van der Waals surface area contributed by atoms with Gasteiger partial charge in [-0.1, -0.05) is 6.07 Å². The molecule has 5 heteroatoms. The van der Waals surface area contributed by atoms with Crippen molar-refractivity contribution in [3.63, 3.8) is 0 Å². The van der Waals surface area contributed by atoms with Gasteiger partial charge in [-0.05, 0) is 24.4 Å². The lowest BCUT2D eigenvalue weighted by atomic mass is 10.2. The Hall–Kier alpha value is -1.23. The third-order valence-corrected chi connectivity index (χ3v) is 2.56. The molecule has 0 fully saturated rings. The summed E-state index contributed by atoms with van der Waals surface area (Å²) in [7, 11) is 1.79. The molecule has 74 valence electrons. The molecule has 0 unspecified atom stereocenters. The standard InChI is InChI=1S/C9H8F2N2S/c1-13-7-3-2-5(8(10)11)4-6(7)12-9(13)14/h2-4,8H,1H3,(H,12,14). The topological polar surface area (TPSA) is 20.7 Å². The van der Waals surface area contributed by atoms with Crippen LogP contribution in [0, 0.1) is 4.77 Å². The van der Waals surface area contributed by atoms with Gasteiger partial charge in [-0.15, -0.1) is 0 Å². The Morgan fingerprint density at radius 2 is 2.14 bits per heavy atom. The number of halogens is 2. The number of alkyl halides is 2. The first-order valence-corrected chi connectivity index (χ1v) is 4.47. The van der Waals surface area contributed by atoms with Crippen LogP contribution < -0.4 is 0 Å². The SMILES string of the molecule is Cn1c(=S)[nH]c2cc(C(F)F)ccc21. The molecule has 14 heavy (non-hydrogen) atoms. The predicted molar refractivity (Wildman–Crippen MR) is 53.1 cm³/mol. The number of imidazole rings is 1. The van der Waals surface area contributed by atoms with E-state index in [1.165, 1.54) is 12.1 Å². The molecule has 2 nitrogen and oxygen atoms in total. The molecule has 0 spiro atoms. The summed E-state index contributed by atoms with van der Waals surface area (Å²) in [6.45, 7) is 0.